The number of anilines is 1. The zero-order valence-electron chi connectivity index (χ0n) is 15.7. The number of hydrogen-bond donors (Lipinski definition) is 0. The molecule has 144 valence electrons. The van der Waals surface area contributed by atoms with Gasteiger partial charge < -0.3 is 19.3 Å². The quantitative estimate of drug-likeness (QED) is 0.636. The molecule has 1 fully saturated rings. The lowest BCUT2D eigenvalue weighted by atomic mass is 10.1. The second-order valence-electron chi connectivity index (χ2n) is 6.63. The van der Waals surface area contributed by atoms with Crippen LogP contribution in [-0.2, 0) is 4.74 Å². The van der Waals surface area contributed by atoms with Crippen molar-refractivity contribution in [2.24, 2.45) is 0 Å². The summed E-state index contributed by atoms with van der Waals surface area (Å²) in [6, 6.07) is 19.9. The maximum atomic E-state index is 12.2. The summed E-state index contributed by atoms with van der Waals surface area (Å²) in [4.78, 5) is 20.5. The van der Waals surface area contributed by atoms with Crippen molar-refractivity contribution < 1.29 is 14.3 Å². The Balaban J connectivity index is 1.19. The Morgan fingerprint density at radius 3 is 2.46 bits per heavy atom. The van der Waals surface area contributed by atoms with Crippen LogP contribution in [0.5, 0.6) is 5.75 Å². The molecule has 0 unspecified atom stereocenters. The Bertz CT molecular complexity index is 924. The average Bonchev–Trinajstić information content (AvgIpc) is 2.77. The van der Waals surface area contributed by atoms with Crippen LogP contribution in [0.2, 0.25) is 0 Å². The molecule has 6 heteroatoms. The van der Waals surface area contributed by atoms with E-state index in [4.69, 9.17) is 9.47 Å². The van der Waals surface area contributed by atoms with Crippen LogP contribution in [-0.4, -0.2) is 55.4 Å². The molecule has 6 nitrogen and oxygen atoms in total. The molecule has 28 heavy (non-hydrogen) atoms. The zero-order valence-corrected chi connectivity index (χ0v) is 15.7. The maximum absolute atomic E-state index is 12.2. The second kappa shape index (κ2) is 8.61. The van der Waals surface area contributed by atoms with E-state index in [9.17, 15) is 4.79 Å². The Morgan fingerprint density at radius 1 is 0.893 bits per heavy atom. The van der Waals surface area contributed by atoms with Gasteiger partial charge in [0.2, 0.25) is 0 Å². The predicted molar refractivity (Wildman–Crippen MR) is 109 cm³/mol. The fourth-order valence-corrected chi connectivity index (χ4v) is 3.30. The van der Waals surface area contributed by atoms with Gasteiger partial charge in [-0.3, -0.25) is 0 Å². The van der Waals surface area contributed by atoms with Crippen LogP contribution in [0.4, 0.5) is 10.6 Å². The monoisotopic (exact) mass is 377 g/mol. The van der Waals surface area contributed by atoms with Crippen molar-refractivity contribution >= 4 is 22.7 Å². The van der Waals surface area contributed by atoms with Gasteiger partial charge in [0.15, 0.2) is 0 Å². The summed E-state index contributed by atoms with van der Waals surface area (Å²) in [6.07, 6.45) is 1.49. The smallest absolute Gasteiger partial charge is 0.410 e. The minimum atomic E-state index is -0.289. The molecule has 1 aromatic heterocycles. The number of piperazine rings is 1. The molecule has 1 aliphatic rings. The summed E-state index contributed by atoms with van der Waals surface area (Å²) in [5, 5.41) is 2.30. The molecule has 0 radical (unpaired) electrons. The van der Waals surface area contributed by atoms with Gasteiger partial charge in [-0.25, -0.2) is 9.78 Å². The van der Waals surface area contributed by atoms with Crippen molar-refractivity contribution in [3.05, 3.63) is 66.9 Å². The molecular formula is C22H23N3O3. The topological polar surface area (TPSA) is 54.9 Å². The van der Waals surface area contributed by atoms with Crippen molar-refractivity contribution in [1.29, 1.82) is 0 Å². The molecular weight excluding hydrogens is 354 g/mol. The van der Waals surface area contributed by atoms with Crippen molar-refractivity contribution in [2.75, 3.05) is 44.3 Å². The van der Waals surface area contributed by atoms with Gasteiger partial charge in [-0.05, 0) is 35.0 Å². The number of pyridine rings is 1. The molecule has 3 aromatic rings. The highest BCUT2D eigenvalue weighted by molar-refractivity contribution is 5.83. The van der Waals surface area contributed by atoms with Crippen LogP contribution >= 0.6 is 0 Å². The number of ether oxygens (including phenoxy) is 2. The molecule has 1 saturated heterocycles. The van der Waals surface area contributed by atoms with Crippen LogP contribution < -0.4 is 9.64 Å². The number of nitrogens with zero attached hydrogens (tertiary/aromatic N) is 3. The molecule has 0 bridgehead atoms. The van der Waals surface area contributed by atoms with Crippen LogP contribution in [0, 0.1) is 0 Å². The number of benzene rings is 2. The van der Waals surface area contributed by atoms with E-state index in [-0.39, 0.29) is 12.7 Å². The highest BCUT2D eigenvalue weighted by Gasteiger charge is 2.22. The lowest BCUT2D eigenvalue weighted by Crippen LogP contribution is -2.49. The number of amides is 1. The van der Waals surface area contributed by atoms with Gasteiger partial charge in [0.05, 0.1) is 0 Å². The largest absolute Gasteiger partial charge is 0.490 e. The molecule has 2 heterocycles. The first-order chi connectivity index (χ1) is 13.8. The lowest BCUT2D eigenvalue weighted by Gasteiger charge is -2.34. The number of carbonyl (C=O) groups is 1. The van der Waals surface area contributed by atoms with Gasteiger partial charge in [-0.15, -0.1) is 0 Å². The first-order valence-corrected chi connectivity index (χ1v) is 9.49. The van der Waals surface area contributed by atoms with Crippen LogP contribution in [0.25, 0.3) is 10.8 Å². The van der Waals surface area contributed by atoms with Crippen LogP contribution in [0.3, 0.4) is 0 Å². The first kappa shape index (κ1) is 18.1. The van der Waals surface area contributed by atoms with E-state index in [1.54, 1.807) is 11.1 Å². The number of fused-ring (bicyclic) bond motifs is 1. The third kappa shape index (κ3) is 4.34. The Kier molecular flexibility index (Phi) is 5.56. The number of rotatable bonds is 5. The molecule has 0 aliphatic carbocycles. The molecule has 0 spiro atoms. The third-order valence-electron chi connectivity index (χ3n) is 4.81. The summed E-state index contributed by atoms with van der Waals surface area (Å²) < 4.78 is 11.1. The van der Waals surface area contributed by atoms with Gasteiger partial charge >= 0.3 is 6.09 Å². The molecule has 1 amide bonds. The van der Waals surface area contributed by atoms with Crippen molar-refractivity contribution in [1.82, 2.24) is 9.88 Å². The number of aromatic nitrogens is 1. The number of hydrogen-bond acceptors (Lipinski definition) is 5. The molecule has 0 N–H and O–H groups in total. The van der Waals surface area contributed by atoms with E-state index < -0.39 is 0 Å². The molecule has 2 aromatic carbocycles. The average molecular weight is 377 g/mol. The summed E-state index contributed by atoms with van der Waals surface area (Å²) in [5.41, 5.74) is 0. The molecule has 0 saturated carbocycles. The number of carbonyl (C=O) groups excluding carboxylic acids is 1. The Morgan fingerprint density at radius 2 is 1.68 bits per heavy atom. The normalized spacial score (nSPS) is 14.1. The van der Waals surface area contributed by atoms with Crippen molar-refractivity contribution in [2.45, 2.75) is 0 Å². The van der Waals surface area contributed by atoms with E-state index in [0.717, 1.165) is 30.0 Å². The Labute approximate surface area is 164 Å². The SMILES string of the molecule is O=C(OCCOc1ccc2ccccc2c1)N1CCN(c2ccccn2)CC1. The van der Waals surface area contributed by atoms with Crippen LogP contribution in [0.1, 0.15) is 0 Å². The lowest BCUT2D eigenvalue weighted by molar-refractivity contribution is 0.0864. The highest BCUT2D eigenvalue weighted by Crippen LogP contribution is 2.20. The summed E-state index contributed by atoms with van der Waals surface area (Å²) >= 11 is 0. The third-order valence-corrected chi connectivity index (χ3v) is 4.81. The zero-order chi connectivity index (χ0) is 19.2. The Hall–Kier alpha value is -3.28. The summed E-state index contributed by atoms with van der Waals surface area (Å²) in [5.74, 6) is 1.72. The minimum Gasteiger partial charge on any atom is -0.490 e. The van der Waals surface area contributed by atoms with E-state index in [1.807, 2.05) is 54.6 Å². The fraction of sp³-hybridized carbons (Fsp3) is 0.273. The second-order valence-corrected chi connectivity index (χ2v) is 6.63. The molecule has 1 aliphatic heterocycles. The van der Waals surface area contributed by atoms with Gasteiger partial charge in [0, 0.05) is 32.4 Å². The van der Waals surface area contributed by atoms with Gasteiger partial charge in [-0.1, -0.05) is 36.4 Å². The van der Waals surface area contributed by atoms with E-state index in [0.29, 0.717) is 19.7 Å². The molecule has 0 atom stereocenters. The summed E-state index contributed by atoms with van der Waals surface area (Å²) in [6.45, 7) is 3.31. The van der Waals surface area contributed by atoms with Gasteiger partial charge in [0.1, 0.15) is 24.8 Å². The van der Waals surface area contributed by atoms with E-state index in [1.165, 1.54) is 5.39 Å². The standard InChI is InChI=1S/C22H23N3O3/c26-22(25-13-11-24(12-14-25)21-7-3-4-10-23-21)28-16-15-27-20-9-8-18-5-1-2-6-19(18)17-20/h1-10,17H,11-16H2. The highest BCUT2D eigenvalue weighted by atomic mass is 16.6. The van der Waals surface area contributed by atoms with Crippen molar-refractivity contribution in [3.8, 4) is 5.75 Å². The fourth-order valence-electron chi connectivity index (χ4n) is 3.30. The maximum Gasteiger partial charge on any atom is 0.410 e. The van der Waals surface area contributed by atoms with E-state index in [2.05, 4.69) is 16.0 Å². The van der Waals surface area contributed by atoms with Gasteiger partial charge in [-0.2, -0.15) is 0 Å². The van der Waals surface area contributed by atoms with Crippen LogP contribution in [0.15, 0.2) is 66.9 Å². The molecule has 4 rings (SSSR count). The first-order valence-electron chi connectivity index (χ1n) is 9.49. The predicted octanol–water partition coefficient (Wildman–Crippen LogP) is 3.57. The van der Waals surface area contributed by atoms with Gasteiger partial charge in [0.25, 0.3) is 0 Å². The van der Waals surface area contributed by atoms with Crippen molar-refractivity contribution in [3.63, 3.8) is 0 Å². The summed E-state index contributed by atoms with van der Waals surface area (Å²) in [7, 11) is 0. The minimum absolute atomic E-state index is 0.228. The van der Waals surface area contributed by atoms with E-state index >= 15 is 0 Å².